The van der Waals surface area contributed by atoms with Gasteiger partial charge in [-0.15, -0.1) is 0 Å². The lowest BCUT2D eigenvalue weighted by molar-refractivity contribution is 0.912. The maximum atomic E-state index is 4.66. The normalized spacial score (nSPS) is 11.2. The van der Waals surface area contributed by atoms with Gasteiger partial charge in [-0.3, -0.25) is 4.98 Å². The number of anilines is 2. The summed E-state index contributed by atoms with van der Waals surface area (Å²) < 4.78 is 1.89. The summed E-state index contributed by atoms with van der Waals surface area (Å²) in [4.78, 5) is 11.3. The second-order valence-electron chi connectivity index (χ2n) is 6.88. The first-order valence-corrected chi connectivity index (χ1v) is 9.19. The molecule has 2 aromatic carbocycles. The maximum absolute atomic E-state index is 4.66. The van der Waals surface area contributed by atoms with Crippen LogP contribution in [0.4, 0.5) is 11.5 Å². The molecule has 3 heterocycles. The fourth-order valence-corrected chi connectivity index (χ4v) is 3.61. The molecule has 0 bridgehead atoms. The molecular formula is C23H19N5. The van der Waals surface area contributed by atoms with E-state index in [1.54, 1.807) is 0 Å². The number of hydrogen-bond donors (Lipinski definition) is 0. The van der Waals surface area contributed by atoms with Crippen molar-refractivity contribution in [1.82, 2.24) is 19.6 Å². The van der Waals surface area contributed by atoms with Gasteiger partial charge in [0.05, 0.1) is 11.7 Å². The van der Waals surface area contributed by atoms with E-state index in [0.717, 1.165) is 39.2 Å². The highest BCUT2D eigenvalue weighted by molar-refractivity contribution is 5.97. The SMILES string of the molecule is Cc1cccc(N(C)c2ccnc3c(-c4cccc5cccnc45)cnn23)c1. The van der Waals surface area contributed by atoms with Crippen molar-refractivity contribution in [3.63, 3.8) is 0 Å². The summed E-state index contributed by atoms with van der Waals surface area (Å²) in [6.07, 6.45) is 5.53. The van der Waals surface area contributed by atoms with Crippen LogP contribution in [-0.4, -0.2) is 26.6 Å². The highest BCUT2D eigenvalue weighted by Gasteiger charge is 2.16. The molecule has 5 heteroatoms. The molecule has 0 amide bonds. The molecule has 0 aliphatic carbocycles. The minimum Gasteiger partial charge on any atom is -0.329 e. The number of aromatic nitrogens is 4. The van der Waals surface area contributed by atoms with Crippen molar-refractivity contribution in [2.45, 2.75) is 6.92 Å². The summed E-state index contributed by atoms with van der Waals surface area (Å²) in [5.41, 5.74) is 6.11. The van der Waals surface area contributed by atoms with Crippen LogP contribution in [0, 0.1) is 6.92 Å². The lowest BCUT2D eigenvalue weighted by Crippen LogP contribution is -2.14. The molecule has 5 rings (SSSR count). The molecule has 3 aromatic heterocycles. The number of fused-ring (bicyclic) bond motifs is 2. The van der Waals surface area contributed by atoms with Crippen LogP contribution in [0.5, 0.6) is 0 Å². The van der Waals surface area contributed by atoms with Gasteiger partial charge in [-0.2, -0.15) is 9.61 Å². The lowest BCUT2D eigenvalue weighted by atomic mass is 10.0. The highest BCUT2D eigenvalue weighted by Crippen LogP contribution is 2.32. The standard InChI is InChI=1S/C23H19N5/c1-16-6-3-9-18(14-16)27(2)21-11-13-25-23-20(15-26-28(21)23)19-10-4-7-17-8-5-12-24-22(17)19/h3-15H,1-2H3. The van der Waals surface area contributed by atoms with Crippen molar-refractivity contribution < 1.29 is 0 Å². The number of benzene rings is 2. The van der Waals surface area contributed by atoms with E-state index < -0.39 is 0 Å². The van der Waals surface area contributed by atoms with Crippen LogP contribution in [-0.2, 0) is 0 Å². The second kappa shape index (κ2) is 6.46. The Labute approximate surface area is 162 Å². The van der Waals surface area contributed by atoms with E-state index in [9.17, 15) is 0 Å². The Hall–Kier alpha value is -3.73. The molecule has 0 saturated carbocycles. The molecule has 0 fully saturated rings. The molecular weight excluding hydrogens is 346 g/mol. The number of para-hydroxylation sites is 1. The Kier molecular flexibility index (Phi) is 3.79. The van der Waals surface area contributed by atoms with Gasteiger partial charge in [0, 0.05) is 41.6 Å². The topological polar surface area (TPSA) is 46.3 Å². The van der Waals surface area contributed by atoms with Crippen LogP contribution in [0.3, 0.4) is 0 Å². The van der Waals surface area contributed by atoms with E-state index in [2.05, 4.69) is 69.4 Å². The summed E-state index contributed by atoms with van der Waals surface area (Å²) >= 11 is 0. The van der Waals surface area contributed by atoms with Crippen molar-refractivity contribution in [3.05, 3.63) is 84.8 Å². The Morgan fingerprint density at radius 2 is 1.71 bits per heavy atom. The Morgan fingerprint density at radius 3 is 2.61 bits per heavy atom. The zero-order valence-corrected chi connectivity index (χ0v) is 15.7. The Morgan fingerprint density at radius 1 is 0.857 bits per heavy atom. The van der Waals surface area contributed by atoms with E-state index in [1.807, 2.05) is 48.4 Å². The molecule has 136 valence electrons. The molecule has 5 nitrogen and oxygen atoms in total. The summed E-state index contributed by atoms with van der Waals surface area (Å²) in [5, 5.41) is 5.76. The zero-order valence-electron chi connectivity index (χ0n) is 15.7. The van der Waals surface area contributed by atoms with Gasteiger partial charge in [-0.25, -0.2) is 4.98 Å². The van der Waals surface area contributed by atoms with Gasteiger partial charge in [0.2, 0.25) is 0 Å². The van der Waals surface area contributed by atoms with Gasteiger partial charge in [0.15, 0.2) is 5.65 Å². The quantitative estimate of drug-likeness (QED) is 0.450. The minimum atomic E-state index is 0.815. The fraction of sp³-hybridized carbons (Fsp3) is 0.0870. The van der Waals surface area contributed by atoms with E-state index in [0.29, 0.717) is 0 Å². The monoisotopic (exact) mass is 365 g/mol. The number of nitrogens with zero attached hydrogens (tertiary/aromatic N) is 5. The molecule has 0 unspecified atom stereocenters. The van der Waals surface area contributed by atoms with E-state index in [1.165, 1.54) is 5.56 Å². The Bertz CT molecular complexity index is 1300. The third-order valence-corrected chi connectivity index (χ3v) is 5.04. The largest absolute Gasteiger partial charge is 0.329 e. The molecule has 0 N–H and O–H groups in total. The summed E-state index contributed by atoms with van der Waals surface area (Å²) in [7, 11) is 2.05. The molecule has 0 aliphatic rings. The third kappa shape index (κ3) is 2.60. The van der Waals surface area contributed by atoms with E-state index >= 15 is 0 Å². The smallest absolute Gasteiger partial charge is 0.165 e. The van der Waals surface area contributed by atoms with Crippen LogP contribution in [0.15, 0.2) is 79.3 Å². The number of pyridine rings is 1. The van der Waals surface area contributed by atoms with Gasteiger partial charge in [-0.05, 0) is 36.8 Å². The summed E-state index contributed by atoms with van der Waals surface area (Å²) in [6.45, 7) is 2.10. The average Bonchev–Trinajstić information content (AvgIpc) is 3.17. The van der Waals surface area contributed by atoms with Crippen LogP contribution in [0.2, 0.25) is 0 Å². The molecule has 28 heavy (non-hydrogen) atoms. The van der Waals surface area contributed by atoms with E-state index in [-0.39, 0.29) is 0 Å². The fourth-order valence-electron chi connectivity index (χ4n) is 3.61. The molecule has 0 atom stereocenters. The number of rotatable bonds is 3. The van der Waals surface area contributed by atoms with Crippen molar-refractivity contribution in [2.75, 3.05) is 11.9 Å². The second-order valence-corrected chi connectivity index (χ2v) is 6.88. The van der Waals surface area contributed by atoms with Crippen molar-refractivity contribution in [2.24, 2.45) is 0 Å². The summed E-state index contributed by atoms with van der Waals surface area (Å²) in [6, 6.07) is 20.6. The molecule has 5 aromatic rings. The predicted octanol–water partition coefficient (Wildman–Crippen LogP) is 5.02. The minimum absolute atomic E-state index is 0.815. The van der Waals surface area contributed by atoms with Crippen molar-refractivity contribution >= 4 is 28.1 Å². The molecule has 0 spiro atoms. The third-order valence-electron chi connectivity index (χ3n) is 5.04. The first kappa shape index (κ1) is 16.4. The van der Waals surface area contributed by atoms with Crippen LogP contribution in [0.1, 0.15) is 5.56 Å². The van der Waals surface area contributed by atoms with Crippen molar-refractivity contribution in [1.29, 1.82) is 0 Å². The van der Waals surface area contributed by atoms with Gasteiger partial charge >= 0.3 is 0 Å². The van der Waals surface area contributed by atoms with Gasteiger partial charge < -0.3 is 4.90 Å². The molecule has 0 radical (unpaired) electrons. The van der Waals surface area contributed by atoms with Gasteiger partial charge in [0.1, 0.15) is 5.82 Å². The predicted molar refractivity (Wildman–Crippen MR) is 113 cm³/mol. The zero-order chi connectivity index (χ0) is 19.1. The van der Waals surface area contributed by atoms with E-state index in [4.69, 9.17) is 0 Å². The lowest BCUT2D eigenvalue weighted by Gasteiger charge is -2.20. The van der Waals surface area contributed by atoms with Crippen LogP contribution < -0.4 is 4.90 Å². The van der Waals surface area contributed by atoms with Gasteiger partial charge in [-0.1, -0.05) is 36.4 Å². The van der Waals surface area contributed by atoms with Crippen molar-refractivity contribution in [3.8, 4) is 11.1 Å². The number of aryl methyl sites for hydroxylation is 1. The maximum Gasteiger partial charge on any atom is 0.165 e. The van der Waals surface area contributed by atoms with Crippen LogP contribution in [0.25, 0.3) is 27.7 Å². The Balaban J connectivity index is 1.69. The highest BCUT2D eigenvalue weighted by atomic mass is 15.3. The first-order chi connectivity index (χ1) is 13.7. The first-order valence-electron chi connectivity index (χ1n) is 9.19. The average molecular weight is 365 g/mol. The molecule has 0 aliphatic heterocycles. The van der Waals surface area contributed by atoms with Gasteiger partial charge in [0.25, 0.3) is 0 Å². The molecule has 0 saturated heterocycles. The van der Waals surface area contributed by atoms with Crippen LogP contribution >= 0.6 is 0 Å². The summed E-state index contributed by atoms with van der Waals surface area (Å²) in [5.74, 6) is 0.954. The number of hydrogen-bond acceptors (Lipinski definition) is 4.